The number of alkyl halides is 2. The van der Waals surface area contributed by atoms with Gasteiger partial charge in [-0.1, -0.05) is 0 Å². The molecule has 0 spiro atoms. The molecule has 2 amide bonds. The number of benzene rings is 1. The molecule has 1 aromatic carbocycles. The molecule has 0 aliphatic carbocycles. The van der Waals surface area contributed by atoms with Gasteiger partial charge in [0.15, 0.2) is 0 Å². The molecule has 1 fully saturated rings. The fourth-order valence-electron chi connectivity index (χ4n) is 3.33. The van der Waals surface area contributed by atoms with Gasteiger partial charge in [-0.15, -0.1) is 10.2 Å². The van der Waals surface area contributed by atoms with Gasteiger partial charge in [0.25, 0.3) is 5.89 Å². The molecule has 15 heteroatoms. The Kier molecular flexibility index (Phi) is 6.69. The molecule has 0 bridgehead atoms. The second kappa shape index (κ2) is 9.56. The highest BCUT2D eigenvalue weighted by Crippen LogP contribution is 2.27. The molecule has 1 aliphatic heterocycles. The van der Waals surface area contributed by atoms with Crippen LogP contribution in [0.15, 0.2) is 34.9 Å². The zero-order valence-electron chi connectivity index (χ0n) is 17.8. The highest BCUT2D eigenvalue weighted by molar-refractivity contribution is 7.92. The van der Waals surface area contributed by atoms with E-state index < -0.39 is 63.7 Å². The maximum atomic E-state index is 14.9. The lowest BCUT2D eigenvalue weighted by atomic mass is 10.2. The third kappa shape index (κ3) is 5.39. The van der Waals surface area contributed by atoms with E-state index in [1.165, 1.54) is 4.90 Å². The molecule has 0 unspecified atom stereocenters. The quantitative estimate of drug-likeness (QED) is 0.513. The highest BCUT2D eigenvalue weighted by Gasteiger charge is 2.30. The van der Waals surface area contributed by atoms with Crippen molar-refractivity contribution in [2.75, 3.05) is 29.5 Å². The molecule has 0 atom stereocenters. The Morgan fingerprint density at radius 1 is 1.14 bits per heavy atom. The van der Waals surface area contributed by atoms with Gasteiger partial charge in [-0.3, -0.25) is 14.7 Å². The van der Waals surface area contributed by atoms with E-state index in [9.17, 15) is 31.0 Å². The molecule has 1 aliphatic rings. The van der Waals surface area contributed by atoms with Crippen LogP contribution in [0.4, 0.5) is 32.4 Å². The lowest BCUT2D eigenvalue weighted by Crippen LogP contribution is -2.50. The SMILES string of the molecule is N=S1(=O)CCN(C(=O)N(Cc2ncc(-c3nnc(C(F)F)o3)cc2F)c2cc(F)ccc2F)CC1. The van der Waals surface area contributed by atoms with Crippen molar-refractivity contribution >= 4 is 21.4 Å². The molecule has 186 valence electrons. The number of urea groups is 1. The average Bonchev–Trinajstić information content (AvgIpc) is 3.30. The minimum Gasteiger partial charge on any atom is -0.415 e. The second-order valence-corrected chi connectivity index (χ2v) is 10.0. The minimum atomic E-state index is -3.02. The van der Waals surface area contributed by atoms with E-state index >= 15 is 0 Å². The van der Waals surface area contributed by atoms with E-state index in [-0.39, 0.29) is 35.9 Å². The van der Waals surface area contributed by atoms with Gasteiger partial charge in [0, 0.05) is 46.6 Å². The van der Waals surface area contributed by atoms with Crippen molar-refractivity contribution in [3.63, 3.8) is 0 Å². The Morgan fingerprint density at radius 2 is 1.86 bits per heavy atom. The van der Waals surface area contributed by atoms with Crippen molar-refractivity contribution in [1.29, 1.82) is 4.78 Å². The number of pyridine rings is 1. The first-order valence-corrected chi connectivity index (χ1v) is 12.0. The van der Waals surface area contributed by atoms with Crippen LogP contribution in [0.5, 0.6) is 0 Å². The maximum absolute atomic E-state index is 14.9. The number of rotatable bonds is 5. The van der Waals surface area contributed by atoms with Crippen LogP contribution in [0, 0.1) is 22.2 Å². The molecule has 0 radical (unpaired) electrons. The number of halogens is 5. The monoisotopic (exact) mass is 516 g/mol. The summed E-state index contributed by atoms with van der Waals surface area (Å²) < 4.78 is 93.0. The summed E-state index contributed by atoms with van der Waals surface area (Å²) in [5.41, 5.74) is -0.932. The Labute approximate surface area is 195 Å². The summed E-state index contributed by atoms with van der Waals surface area (Å²) in [5.74, 6) is -4.35. The number of carbonyl (C=O) groups excluding carboxylic acids is 1. The molecule has 1 saturated heterocycles. The number of carbonyl (C=O) groups is 1. The first-order valence-electron chi connectivity index (χ1n) is 10.1. The number of hydrogen-bond donors (Lipinski definition) is 1. The van der Waals surface area contributed by atoms with E-state index in [1.807, 2.05) is 0 Å². The van der Waals surface area contributed by atoms with Gasteiger partial charge in [0.1, 0.15) is 17.5 Å². The third-order valence-corrected chi connectivity index (χ3v) is 6.87. The number of nitrogens with zero attached hydrogens (tertiary/aromatic N) is 5. The minimum absolute atomic E-state index is 0.0624. The van der Waals surface area contributed by atoms with Crippen molar-refractivity contribution in [1.82, 2.24) is 20.1 Å². The number of aromatic nitrogens is 3. The predicted octanol–water partition coefficient (Wildman–Crippen LogP) is 3.98. The lowest BCUT2D eigenvalue weighted by Gasteiger charge is -2.33. The van der Waals surface area contributed by atoms with Crippen LogP contribution in [-0.4, -0.2) is 54.9 Å². The molecular formula is C20H17F5N6O3S. The van der Waals surface area contributed by atoms with Crippen molar-refractivity contribution < 1.29 is 35.4 Å². The summed E-state index contributed by atoms with van der Waals surface area (Å²) in [6.45, 7) is -0.746. The van der Waals surface area contributed by atoms with Crippen LogP contribution in [0.1, 0.15) is 18.0 Å². The predicted molar refractivity (Wildman–Crippen MR) is 113 cm³/mol. The number of anilines is 1. The van der Waals surface area contributed by atoms with Crippen LogP contribution in [-0.2, 0) is 16.3 Å². The smallest absolute Gasteiger partial charge is 0.325 e. The van der Waals surface area contributed by atoms with Crippen LogP contribution in [0.3, 0.4) is 0 Å². The fourth-order valence-corrected chi connectivity index (χ4v) is 4.56. The summed E-state index contributed by atoms with van der Waals surface area (Å²) in [5, 5.41) is 6.55. The van der Waals surface area contributed by atoms with Gasteiger partial charge in [-0.2, -0.15) is 8.78 Å². The molecule has 0 saturated carbocycles. The molecule has 4 rings (SSSR count). The van der Waals surface area contributed by atoms with Gasteiger partial charge < -0.3 is 9.32 Å². The van der Waals surface area contributed by atoms with E-state index in [4.69, 9.17) is 9.20 Å². The first-order chi connectivity index (χ1) is 16.5. The number of amides is 2. The summed E-state index contributed by atoms with van der Waals surface area (Å²) in [4.78, 5) is 19.1. The highest BCUT2D eigenvalue weighted by atomic mass is 32.2. The van der Waals surface area contributed by atoms with E-state index in [1.54, 1.807) is 0 Å². The molecule has 2 aromatic heterocycles. The van der Waals surface area contributed by atoms with Crippen LogP contribution >= 0.6 is 0 Å². The topological polar surface area (TPSA) is 116 Å². The molecular weight excluding hydrogens is 499 g/mol. The van der Waals surface area contributed by atoms with Gasteiger partial charge in [0.2, 0.25) is 5.89 Å². The van der Waals surface area contributed by atoms with Crippen molar-refractivity contribution in [2.45, 2.75) is 13.0 Å². The largest absolute Gasteiger partial charge is 0.415 e. The van der Waals surface area contributed by atoms with Gasteiger partial charge in [-0.05, 0) is 18.2 Å². The average molecular weight is 516 g/mol. The normalized spacial score (nSPS) is 15.4. The fraction of sp³-hybridized carbons (Fsp3) is 0.300. The second-order valence-electron chi connectivity index (χ2n) is 7.57. The van der Waals surface area contributed by atoms with E-state index in [2.05, 4.69) is 15.2 Å². The van der Waals surface area contributed by atoms with E-state index in [0.29, 0.717) is 0 Å². The maximum Gasteiger partial charge on any atom is 0.325 e. The Hall–Kier alpha value is -3.62. The molecule has 9 nitrogen and oxygen atoms in total. The standard InChI is InChI=1S/C20H17F5N6O3S/c21-12-1-2-13(22)16(8-12)31(20(32)30-3-5-35(26,33)6-4-30)10-15-14(23)7-11(9-27-15)18-28-29-19(34-18)17(24)25/h1-2,7-9,17,26H,3-6,10H2. The molecule has 3 aromatic rings. The van der Waals surface area contributed by atoms with Gasteiger partial charge >= 0.3 is 12.5 Å². The van der Waals surface area contributed by atoms with Crippen LogP contribution in [0.25, 0.3) is 11.5 Å². The van der Waals surface area contributed by atoms with Crippen molar-refractivity contribution in [3.8, 4) is 11.5 Å². The first kappa shape index (κ1) is 24.5. The zero-order valence-corrected chi connectivity index (χ0v) is 18.6. The Bertz CT molecular complexity index is 1350. The summed E-state index contributed by atoms with van der Waals surface area (Å²) in [6.07, 6.45) is -1.98. The van der Waals surface area contributed by atoms with Crippen molar-refractivity contribution in [2.24, 2.45) is 0 Å². The van der Waals surface area contributed by atoms with Crippen molar-refractivity contribution in [3.05, 3.63) is 59.5 Å². The Balaban J connectivity index is 1.65. The molecule has 35 heavy (non-hydrogen) atoms. The molecule has 1 N–H and O–H groups in total. The van der Waals surface area contributed by atoms with E-state index in [0.717, 1.165) is 35.4 Å². The summed E-state index contributed by atoms with van der Waals surface area (Å²) >= 11 is 0. The van der Waals surface area contributed by atoms with Gasteiger partial charge in [0.05, 0.1) is 23.5 Å². The third-order valence-electron chi connectivity index (χ3n) is 5.18. The Morgan fingerprint density at radius 3 is 2.49 bits per heavy atom. The lowest BCUT2D eigenvalue weighted by molar-refractivity contribution is 0.116. The molecule has 3 heterocycles. The number of hydrogen-bond acceptors (Lipinski definition) is 7. The van der Waals surface area contributed by atoms with Gasteiger partial charge in [-0.25, -0.2) is 22.2 Å². The zero-order chi connectivity index (χ0) is 25.3. The summed E-state index contributed by atoms with van der Waals surface area (Å²) in [6, 6.07) is 2.46. The summed E-state index contributed by atoms with van der Waals surface area (Å²) in [7, 11) is -2.84. The van der Waals surface area contributed by atoms with Crippen LogP contribution in [0.2, 0.25) is 0 Å². The number of nitrogens with one attached hydrogen (secondary N) is 1. The van der Waals surface area contributed by atoms with Crippen LogP contribution < -0.4 is 4.90 Å².